The Balaban J connectivity index is 1.35. The van der Waals surface area contributed by atoms with Gasteiger partial charge in [0.2, 0.25) is 0 Å². The van der Waals surface area contributed by atoms with E-state index in [0.717, 1.165) is 0 Å². The number of benzene rings is 6. The highest BCUT2D eigenvalue weighted by Gasteiger charge is 2.36. The van der Waals surface area contributed by atoms with Crippen LogP contribution in [-0.4, -0.2) is 0 Å². The van der Waals surface area contributed by atoms with Crippen molar-refractivity contribution >= 4 is 67.8 Å². The summed E-state index contributed by atoms with van der Waals surface area (Å²) in [4.78, 5) is 7.45. The molecule has 0 N–H and O–H groups in total. The molecule has 2 nitrogen and oxygen atoms in total. The van der Waals surface area contributed by atoms with Gasteiger partial charge >= 0.3 is 0 Å². The minimum absolute atomic E-state index is 1.18. The third-order valence-electron chi connectivity index (χ3n) is 7.69. The van der Waals surface area contributed by atoms with Crippen molar-refractivity contribution in [3.8, 4) is 0 Å². The number of nitrogens with zero attached hydrogens (tertiary/aromatic N) is 2. The molecule has 6 aromatic carbocycles. The van der Waals surface area contributed by atoms with E-state index < -0.39 is 0 Å². The van der Waals surface area contributed by atoms with E-state index in [0.29, 0.717) is 0 Å². The molecular formula is C36H26N2S2. The number of hydrogen-bond donors (Lipinski definition) is 0. The Kier molecular flexibility index (Phi) is 5.48. The molecule has 0 bridgehead atoms. The highest BCUT2D eigenvalue weighted by molar-refractivity contribution is 8.07. The van der Waals surface area contributed by atoms with Crippen molar-refractivity contribution in [2.45, 2.75) is 23.6 Å². The highest BCUT2D eigenvalue weighted by atomic mass is 32.2. The van der Waals surface area contributed by atoms with E-state index in [-0.39, 0.29) is 0 Å². The number of thioether (sulfide) groups is 2. The first-order valence-corrected chi connectivity index (χ1v) is 15.1. The van der Waals surface area contributed by atoms with Crippen molar-refractivity contribution in [2.75, 3.05) is 9.80 Å². The van der Waals surface area contributed by atoms with Gasteiger partial charge in [0.05, 0.1) is 11.4 Å². The second-order valence-electron chi connectivity index (χ2n) is 10.5. The average Bonchev–Trinajstić information content (AvgIpc) is 3.55. The number of para-hydroxylation sites is 2. The van der Waals surface area contributed by atoms with E-state index in [1.807, 2.05) is 23.5 Å². The zero-order valence-corrected chi connectivity index (χ0v) is 23.9. The maximum atomic E-state index is 2.45. The molecule has 0 aromatic heterocycles. The lowest BCUT2D eigenvalue weighted by atomic mass is 10.1. The molecule has 8 rings (SSSR count). The van der Waals surface area contributed by atoms with Gasteiger partial charge in [-0.05, 0) is 83.9 Å². The summed E-state index contributed by atoms with van der Waals surface area (Å²) in [7, 11) is 0. The third-order valence-corrected chi connectivity index (χ3v) is 10.1. The molecule has 6 aromatic rings. The fourth-order valence-corrected chi connectivity index (χ4v) is 8.18. The number of hydrogen-bond acceptors (Lipinski definition) is 4. The molecule has 2 aliphatic heterocycles. The smallest absolute Gasteiger partial charge is 0.116 e. The highest BCUT2D eigenvalue weighted by Crippen LogP contribution is 2.58. The normalized spacial score (nSPS) is 16.1. The number of fused-ring (bicyclic) bond motifs is 4. The number of rotatable bonds is 2. The van der Waals surface area contributed by atoms with Gasteiger partial charge in [-0.25, -0.2) is 0 Å². The van der Waals surface area contributed by atoms with Gasteiger partial charge in [-0.3, -0.25) is 0 Å². The van der Waals surface area contributed by atoms with Gasteiger partial charge in [-0.1, -0.05) is 107 Å². The van der Waals surface area contributed by atoms with Crippen molar-refractivity contribution in [1.82, 2.24) is 0 Å². The van der Waals surface area contributed by atoms with Crippen LogP contribution in [0, 0.1) is 13.8 Å². The molecule has 0 unspecified atom stereocenters. The number of anilines is 4. The Bertz CT molecular complexity index is 1860. The van der Waals surface area contributed by atoms with Crippen LogP contribution in [0.3, 0.4) is 0 Å². The molecule has 0 atom stereocenters. The van der Waals surface area contributed by atoms with Crippen molar-refractivity contribution in [3.05, 3.63) is 143 Å². The Hall–Kier alpha value is -4.12. The maximum absolute atomic E-state index is 2.45. The Labute approximate surface area is 242 Å². The van der Waals surface area contributed by atoms with Crippen molar-refractivity contribution in [2.24, 2.45) is 0 Å². The zero-order valence-electron chi connectivity index (χ0n) is 22.3. The second kappa shape index (κ2) is 9.22. The lowest BCUT2D eigenvalue weighted by Crippen LogP contribution is -2.18. The van der Waals surface area contributed by atoms with Crippen LogP contribution < -0.4 is 9.80 Å². The van der Waals surface area contributed by atoms with E-state index in [9.17, 15) is 0 Å². The summed E-state index contributed by atoms with van der Waals surface area (Å²) < 4.78 is 0. The first-order chi connectivity index (χ1) is 19.6. The van der Waals surface area contributed by atoms with Crippen LogP contribution in [-0.2, 0) is 0 Å². The molecule has 0 amide bonds. The molecule has 2 heterocycles. The van der Waals surface area contributed by atoms with Gasteiger partial charge in [-0.2, -0.15) is 0 Å². The molecule has 0 spiro atoms. The molecule has 0 radical (unpaired) electrons. The second-order valence-corrected chi connectivity index (χ2v) is 12.6. The van der Waals surface area contributed by atoms with Gasteiger partial charge in [0.15, 0.2) is 0 Å². The zero-order chi connectivity index (χ0) is 26.8. The number of aryl methyl sites for hydroxylation is 2. The quantitative estimate of drug-likeness (QED) is 0.211. The average molecular weight is 551 g/mol. The van der Waals surface area contributed by atoms with Crippen LogP contribution in [0.2, 0.25) is 0 Å². The summed E-state index contributed by atoms with van der Waals surface area (Å²) in [5.74, 6) is 0. The van der Waals surface area contributed by atoms with E-state index in [2.05, 4.69) is 145 Å². The van der Waals surface area contributed by atoms with Gasteiger partial charge < -0.3 is 9.80 Å². The molecule has 2 aliphatic rings. The molecule has 4 heteroatoms. The minimum Gasteiger partial charge on any atom is -0.301 e. The SMILES string of the molecule is Cc1ccc2cc(N3/C(=C4\Sc5ccccc5N4c4ccc5cc(C)ccc5c4)Sc4ccccc43)ccc2c1. The molecule has 0 fully saturated rings. The molecule has 0 aliphatic carbocycles. The topological polar surface area (TPSA) is 6.48 Å². The summed E-state index contributed by atoms with van der Waals surface area (Å²) in [6.45, 7) is 4.31. The lowest BCUT2D eigenvalue weighted by Gasteiger charge is -2.27. The summed E-state index contributed by atoms with van der Waals surface area (Å²) >= 11 is 3.72. The monoisotopic (exact) mass is 550 g/mol. The van der Waals surface area contributed by atoms with Crippen LogP contribution in [0.15, 0.2) is 141 Å². The van der Waals surface area contributed by atoms with Crippen molar-refractivity contribution in [3.63, 3.8) is 0 Å². The minimum atomic E-state index is 1.18. The predicted octanol–water partition coefficient (Wildman–Crippen LogP) is 10.9. The largest absolute Gasteiger partial charge is 0.301 e. The molecular weight excluding hydrogens is 525 g/mol. The molecule has 192 valence electrons. The Morgan fingerprint density at radius 1 is 0.425 bits per heavy atom. The molecule has 40 heavy (non-hydrogen) atoms. The summed E-state index contributed by atoms with van der Waals surface area (Å²) in [6.07, 6.45) is 0. The summed E-state index contributed by atoms with van der Waals surface area (Å²) in [6, 6.07) is 44.6. The van der Waals surface area contributed by atoms with E-state index in [1.165, 1.54) is 75.3 Å². The Morgan fingerprint density at radius 2 is 0.825 bits per heavy atom. The first kappa shape index (κ1) is 23.7. The van der Waals surface area contributed by atoms with Crippen LogP contribution >= 0.6 is 23.5 Å². The summed E-state index contributed by atoms with van der Waals surface area (Å²) in [5, 5.41) is 7.52. The van der Waals surface area contributed by atoms with Crippen LogP contribution in [0.25, 0.3) is 21.5 Å². The van der Waals surface area contributed by atoms with Crippen LogP contribution in [0.4, 0.5) is 22.7 Å². The Morgan fingerprint density at radius 3 is 1.30 bits per heavy atom. The predicted molar refractivity (Wildman–Crippen MR) is 173 cm³/mol. The lowest BCUT2D eigenvalue weighted by molar-refractivity contribution is 1.19. The summed E-state index contributed by atoms with van der Waals surface area (Å²) in [5.41, 5.74) is 7.39. The van der Waals surface area contributed by atoms with Crippen LogP contribution in [0.1, 0.15) is 11.1 Å². The third kappa shape index (κ3) is 3.82. The van der Waals surface area contributed by atoms with Gasteiger partial charge in [0.1, 0.15) is 10.1 Å². The molecule has 0 saturated heterocycles. The maximum Gasteiger partial charge on any atom is 0.116 e. The van der Waals surface area contributed by atoms with Gasteiger partial charge in [-0.15, -0.1) is 0 Å². The fraction of sp³-hybridized carbons (Fsp3) is 0.0556. The standard InChI is InChI=1S/C36H26N2S2/c1-23-11-13-27-21-29(17-15-25(27)19-23)37-31-7-3-5-9-33(31)39-35(37)36-38(32-8-4-6-10-34(32)40-36)30-18-16-26-20-24(2)12-14-28(26)22-30/h3-22H,1-2H3/b36-35+. The van der Waals surface area contributed by atoms with Gasteiger partial charge in [0, 0.05) is 21.2 Å². The van der Waals surface area contributed by atoms with E-state index in [1.54, 1.807) is 0 Å². The van der Waals surface area contributed by atoms with E-state index >= 15 is 0 Å². The van der Waals surface area contributed by atoms with Gasteiger partial charge in [0.25, 0.3) is 0 Å². The first-order valence-electron chi connectivity index (χ1n) is 13.5. The van der Waals surface area contributed by atoms with Crippen molar-refractivity contribution < 1.29 is 0 Å². The van der Waals surface area contributed by atoms with E-state index in [4.69, 9.17) is 0 Å². The fourth-order valence-electron chi connectivity index (χ4n) is 5.75. The van der Waals surface area contributed by atoms with Crippen molar-refractivity contribution in [1.29, 1.82) is 0 Å². The molecule has 0 saturated carbocycles. The van der Waals surface area contributed by atoms with Crippen LogP contribution in [0.5, 0.6) is 0 Å².